The minimum absolute atomic E-state index is 0.176. The van der Waals surface area contributed by atoms with Gasteiger partial charge in [0.15, 0.2) is 0 Å². The van der Waals surface area contributed by atoms with Gasteiger partial charge in [0.25, 0.3) is 0 Å². The Hall–Kier alpha value is -1.06. The van der Waals surface area contributed by atoms with Crippen LogP contribution >= 0.6 is 0 Å². The normalized spacial score (nSPS) is 29.4. The topological polar surface area (TPSA) is 46.6 Å². The van der Waals surface area contributed by atoms with Crippen molar-refractivity contribution < 1.29 is 14.3 Å². The first-order chi connectivity index (χ1) is 7.22. The van der Waals surface area contributed by atoms with Gasteiger partial charge >= 0.3 is 5.97 Å². The van der Waals surface area contributed by atoms with E-state index in [0.717, 1.165) is 25.7 Å². The molecule has 2 heterocycles. The molecule has 1 amide bonds. The lowest BCUT2D eigenvalue weighted by Crippen LogP contribution is -2.35. The fourth-order valence-corrected chi connectivity index (χ4v) is 2.74. The molecule has 0 radical (unpaired) electrons. The fraction of sp³-hybridized carbons (Fsp3) is 0.818. The second-order valence-electron chi connectivity index (χ2n) is 4.34. The van der Waals surface area contributed by atoms with Crippen LogP contribution in [0.3, 0.4) is 0 Å². The van der Waals surface area contributed by atoms with Crippen LogP contribution in [0.4, 0.5) is 0 Å². The maximum atomic E-state index is 11.6. The van der Waals surface area contributed by atoms with Crippen LogP contribution in [0.1, 0.15) is 38.5 Å². The lowest BCUT2D eigenvalue weighted by Gasteiger charge is -2.23. The van der Waals surface area contributed by atoms with Gasteiger partial charge in [-0.15, -0.1) is 0 Å². The van der Waals surface area contributed by atoms with Gasteiger partial charge < -0.3 is 9.64 Å². The van der Waals surface area contributed by atoms with E-state index in [1.54, 1.807) is 0 Å². The molecular weight excluding hydrogens is 194 g/mol. The predicted octanol–water partition coefficient (Wildman–Crippen LogP) is 1.09. The number of amides is 1. The summed E-state index contributed by atoms with van der Waals surface area (Å²) in [4.78, 5) is 24.6. The number of fused-ring (bicyclic) bond motifs is 1. The molecule has 2 aliphatic rings. The average molecular weight is 211 g/mol. The maximum Gasteiger partial charge on any atom is 0.305 e. The molecular formula is C11H17NO3. The molecule has 15 heavy (non-hydrogen) atoms. The van der Waals surface area contributed by atoms with Crippen LogP contribution in [0.25, 0.3) is 0 Å². The minimum Gasteiger partial charge on any atom is -0.469 e. The zero-order valence-corrected chi connectivity index (χ0v) is 9.07. The van der Waals surface area contributed by atoms with Crippen molar-refractivity contribution >= 4 is 11.9 Å². The van der Waals surface area contributed by atoms with Crippen molar-refractivity contribution in [2.75, 3.05) is 7.11 Å². The lowest BCUT2D eigenvalue weighted by atomic mass is 10.1. The molecule has 0 bridgehead atoms. The molecule has 84 valence electrons. The summed E-state index contributed by atoms with van der Waals surface area (Å²) in [6, 6.07) is 0.740. The molecule has 2 fully saturated rings. The van der Waals surface area contributed by atoms with E-state index >= 15 is 0 Å². The predicted molar refractivity (Wildman–Crippen MR) is 54.1 cm³/mol. The molecule has 4 nitrogen and oxygen atoms in total. The fourth-order valence-electron chi connectivity index (χ4n) is 2.74. The summed E-state index contributed by atoms with van der Waals surface area (Å²) in [5.74, 6) is 0.0949. The number of carbonyl (C=O) groups is 2. The van der Waals surface area contributed by atoms with Gasteiger partial charge in [-0.25, -0.2) is 0 Å². The highest BCUT2D eigenvalue weighted by Crippen LogP contribution is 2.35. The summed E-state index contributed by atoms with van der Waals surface area (Å²) < 4.78 is 4.61. The first-order valence-corrected chi connectivity index (χ1v) is 5.60. The molecule has 4 heteroatoms. The van der Waals surface area contributed by atoms with Gasteiger partial charge in [0.1, 0.15) is 0 Å². The molecule has 0 aromatic rings. The average Bonchev–Trinajstić information content (AvgIpc) is 2.79. The number of hydrogen-bond acceptors (Lipinski definition) is 3. The van der Waals surface area contributed by atoms with Crippen LogP contribution in [0.15, 0.2) is 0 Å². The Morgan fingerprint density at radius 2 is 2.27 bits per heavy atom. The SMILES string of the molecule is COC(=O)CC[C@H]1CC[C@H]2CCC(=O)N21. The molecule has 0 aromatic heterocycles. The van der Waals surface area contributed by atoms with Gasteiger partial charge in [0.05, 0.1) is 7.11 Å². The molecule has 0 spiro atoms. The van der Waals surface area contributed by atoms with E-state index in [9.17, 15) is 9.59 Å². The van der Waals surface area contributed by atoms with Crippen molar-refractivity contribution in [2.45, 2.75) is 50.6 Å². The van der Waals surface area contributed by atoms with E-state index in [1.165, 1.54) is 7.11 Å². The van der Waals surface area contributed by atoms with Gasteiger partial charge in [0.2, 0.25) is 5.91 Å². The van der Waals surface area contributed by atoms with E-state index < -0.39 is 0 Å². The number of esters is 1. The van der Waals surface area contributed by atoms with Crippen molar-refractivity contribution in [3.05, 3.63) is 0 Å². The van der Waals surface area contributed by atoms with Gasteiger partial charge in [-0.2, -0.15) is 0 Å². The summed E-state index contributed by atoms with van der Waals surface area (Å²) in [5, 5.41) is 0. The second-order valence-corrected chi connectivity index (χ2v) is 4.34. The highest BCUT2D eigenvalue weighted by molar-refractivity contribution is 5.79. The van der Waals surface area contributed by atoms with Crippen LogP contribution in [-0.2, 0) is 14.3 Å². The molecule has 2 rings (SSSR count). The first-order valence-electron chi connectivity index (χ1n) is 5.60. The molecule has 0 aromatic carbocycles. The summed E-state index contributed by atoms with van der Waals surface area (Å²) in [6.45, 7) is 0. The van der Waals surface area contributed by atoms with Crippen LogP contribution in [0.2, 0.25) is 0 Å². The lowest BCUT2D eigenvalue weighted by molar-refractivity contribution is -0.141. The Morgan fingerprint density at radius 3 is 3.00 bits per heavy atom. The van der Waals surface area contributed by atoms with Gasteiger partial charge in [-0.1, -0.05) is 0 Å². The minimum atomic E-state index is -0.176. The van der Waals surface area contributed by atoms with Crippen LogP contribution in [0.5, 0.6) is 0 Å². The summed E-state index contributed by atoms with van der Waals surface area (Å²) in [5.41, 5.74) is 0. The summed E-state index contributed by atoms with van der Waals surface area (Å²) in [6.07, 6.45) is 5.05. The van der Waals surface area contributed by atoms with E-state index in [1.807, 2.05) is 4.90 Å². The number of carbonyl (C=O) groups excluding carboxylic acids is 2. The largest absolute Gasteiger partial charge is 0.469 e. The second kappa shape index (κ2) is 4.21. The standard InChI is InChI=1S/C11H17NO3/c1-15-11(14)7-5-9-3-2-8-4-6-10(13)12(8)9/h8-9H,2-7H2,1H3/t8-,9+/m0/s1. The van der Waals surface area contributed by atoms with Crippen molar-refractivity contribution in [3.63, 3.8) is 0 Å². The molecule has 0 unspecified atom stereocenters. The molecule has 0 saturated carbocycles. The zero-order chi connectivity index (χ0) is 10.8. The quantitative estimate of drug-likeness (QED) is 0.656. The smallest absolute Gasteiger partial charge is 0.305 e. The molecule has 2 aliphatic heterocycles. The van der Waals surface area contributed by atoms with Gasteiger partial charge in [-0.3, -0.25) is 9.59 Å². The van der Waals surface area contributed by atoms with Gasteiger partial charge in [-0.05, 0) is 25.7 Å². The van der Waals surface area contributed by atoms with E-state index in [0.29, 0.717) is 18.9 Å². The van der Waals surface area contributed by atoms with E-state index in [-0.39, 0.29) is 17.9 Å². The van der Waals surface area contributed by atoms with Crippen LogP contribution < -0.4 is 0 Å². The number of hydrogen-bond donors (Lipinski definition) is 0. The Balaban J connectivity index is 1.88. The number of ether oxygens (including phenoxy) is 1. The third kappa shape index (κ3) is 1.98. The first kappa shape index (κ1) is 10.5. The van der Waals surface area contributed by atoms with Crippen LogP contribution in [-0.4, -0.2) is 36.0 Å². The van der Waals surface area contributed by atoms with Crippen molar-refractivity contribution in [2.24, 2.45) is 0 Å². The summed E-state index contributed by atoms with van der Waals surface area (Å²) in [7, 11) is 1.40. The van der Waals surface area contributed by atoms with E-state index in [4.69, 9.17) is 0 Å². The molecule has 0 aliphatic carbocycles. The third-order valence-corrected chi connectivity index (χ3v) is 3.51. The Morgan fingerprint density at radius 1 is 1.47 bits per heavy atom. The third-order valence-electron chi connectivity index (χ3n) is 3.51. The highest BCUT2D eigenvalue weighted by atomic mass is 16.5. The number of methoxy groups -OCH3 is 1. The number of nitrogens with zero attached hydrogens (tertiary/aromatic N) is 1. The van der Waals surface area contributed by atoms with Crippen molar-refractivity contribution in [1.82, 2.24) is 4.90 Å². The zero-order valence-electron chi connectivity index (χ0n) is 9.07. The van der Waals surface area contributed by atoms with Crippen LogP contribution in [0, 0.1) is 0 Å². The van der Waals surface area contributed by atoms with Crippen molar-refractivity contribution in [3.8, 4) is 0 Å². The van der Waals surface area contributed by atoms with Gasteiger partial charge in [0, 0.05) is 24.9 Å². The summed E-state index contributed by atoms with van der Waals surface area (Å²) >= 11 is 0. The monoisotopic (exact) mass is 211 g/mol. The maximum absolute atomic E-state index is 11.6. The molecule has 2 saturated heterocycles. The Kier molecular flexibility index (Phi) is 2.93. The molecule has 0 N–H and O–H groups in total. The molecule has 2 atom stereocenters. The van der Waals surface area contributed by atoms with E-state index in [2.05, 4.69) is 4.74 Å². The Labute approximate surface area is 89.6 Å². The Bertz CT molecular complexity index is 277. The number of rotatable bonds is 3. The highest BCUT2D eigenvalue weighted by Gasteiger charge is 2.40. The van der Waals surface area contributed by atoms with Crippen molar-refractivity contribution in [1.29, 1.82) is 0 Å².